The number of nitrogens with one attached hydrogen (secondary N) is 1. The van der Waals surface area contributed by atoms with Crippen LogP contribution in [0.15, 0.2) is 48.5 Å². The molecule has 2 N–H and O–H groups in total. The van der Waals surface area contributed by atoms with E-state index in [9.17, 15) is 19.3 Å². The van der Waals surface area contributed by atoms with Crippen molar-refractivity contribution in [1.29, 1.82) is 0 Å². The molecule has 1 amide bonds. The Kier molecular flexibility index (Phi) is 9.06. The third-order valence-corrected chi connectivity index (χ3v) is 6.65. The molecule has 1 atom stereocenters. The van der Waals surface area contributed by atoms with E-state index in [-0.39, 0.29) is 31.4 Å². The molecule has 2 aromatic carbocycles. The summed E-state index contributed by atoms with van der Waals surface area (Å²) in [5, 5.41) is 12.4. The highest BCUT2D eigenvalue weighted by atomic mass is 35.5. The van der Waals surface area contributed by atoms with Crippen LogP contribution in [0.3, 0.4) is 0 Å². The van der Waals surface area contributed by atoms with Gasteiger partial charge in [0.15, 0.2) is 0 Å². The molecule has 2 rings (SSSR count). The van der Waals surface area contributed by atoms with Gasteiger partial charge in [-0.1, -0.05) is 41.9 Å². The number of hydrogen-bond acceptors (Lipinski definition) is 5. The van der Waals surface area contributed by atoms with E-state index in [2.05, 4.69) is 5.32 Å². The minimum atomic E-state index is -3.25. The molecule has 0 heterocycles. The number of aliphatic carboxylic acids is 1. The van der Waals surface area contributed by atoms with E-state index in [1.54, 1.807) is 62.4 Å². The molecular formula is C21H25ClNO6P. The van der Waals surface area contributed by atoms with Crippen molar-refractivity contribution in [3.05, 3.63) is 70.2 Å². The van der Waals surface area contributed by atoms with Crippen LogP contribution in [0, 0.1) is 0 Å². The number of hydrogen-bond donors (Lipinski definition) is 2. The number of rotatable bonds is 11. The molecule has 0 unspecified atom stereocenters. The zero-order chi connectivity index (χ0) is 22.1. The molecule has 0 saturated heterocycles. The van der Waals surface area contributed by atoms with Crippen LogP contribution in [0.4, 0.5) is 0 Å². The van der Waals surface area contributed by atoms with Gasteiger partial charge in [0.05, 0.1) is 19.4 Å². The van der Waals surface area contributed by atoms with Crippen molar-refractivity contribution in [2.24, 2.45) is 0 Å². The van der Waals surface area contributed by atoms with Crippen LogP contribution < -0.4 is 5.32 Å². The van der Waals surface area contributed by atoms with Crippen molar-refractivity contribution in [2.45, 2.75) is 32.5 Å². The molecule has 9 heteroatoms. The Morgan fingerprint density at radius 2 is 1.67 bits per heavy atom. The van der Waals surface area contributed by atoms with Crippen LogP contribution in [-0.4, -0.2) is 36.2 Å². The van der Waals surface area contributed by atoms with Crippen molar-refractivity contribution in [3.63, 3.8) is 0 Å². The first-order valence-corrected chi connectivity index (χ1v) is 11.6. The third-order valence-electron chi connectivity index (χ3n) is 4.23. The summed E-state index contributed by atoms with van der Waals surface area (Å²) in [5.41, 5.74) is 1.60. The molecule has 0 aliphatic heterocycles. The summed E-state index contributed by atoms with van der Waals surface area (Å²) in [7, 11) is -3.25. The summed E-state index contributed by atoms with van der Waals surface area (Å²) in [4.78, 5) is 24.1. The molecular weight excluding hydrogens is 429 g/mol. The van der Waals surface area contributed by atoms with Gasteiger partial charge < -0.3 is 19.5 Å². The average Bonchev–Trinajstić information content (AvgIpc) is 2.69. The lowest BCUT2D eigenvalue weighted by Gasteiger charge is -2.17. The second-order valence-corrected chi connectivity index (χ2v) is 8.92. The lowest BCUT2D eigenvalue weighted by Crippen LogP contribution is -2.42. The Morgan fingerprint density at radius 1 is 1.07 bits per heavy atom. The highest BCUT2D eigenvalue weighted by Gasteiger charge is 2.25. The number of carboxylic acid groups (broad SMARTS) is 1. The first kappa shape index (κ1) is 24.1. The van der Waals surface area contributed by atoms with Gasteiger partial charge in [-0.3, -0.25) is 9.36 Å². The van der Waals surface area contributed by atoms with Crippen molar-refractivity contribution in [1.82, 2.24) is 5.32 Å². The summed E-state index contributed by atoms with van der Waals surface area (Å²) in [6.45, 7) is 4.00. The third kappa shape index (κ3) is 6.96. The zero-order valence-electron chi connectivity index (χ0n) is 16.8. The van der Waals surface area contributed by atoms with E-state index in [0.29, 0.717) is 16.1 Å². The van der Waals surface area contributed by atoms with Crippen LogP contribution in [0.2, 0.25) is 5.02 Å². The molecule has 0 aliphatic rings. The lowest BCUT2D eigenvalue weighted by molar-refractivity contribution is -0.139. The Hall–Kier alpha value is -2.18. The fraction of sp³-hybridized carbons (Fsp3) is 0.333. The summed E-state index contributed by atoms with van der Waals surface area (Å²) >= 11 is 6.09. The van der Waals surface area contributed by atoms with Gasteiger partial charge in [-0.05, 0) is 43.2 Å². The van der Waals surface area contributed by atoms with E-state index < -0.39 is 25.5 Å². The number of halogens is 1. The Labute approximate surface area is 180 Å². The second kappa shape index (κ2) is 11.3. The Morgan fingerprint density at radius 3 is 2.20 bits per heavy atom. The molecule has 0 aliphatic carbocycles. The molecule has 0 spiro atoms. The zero-order valence-corrected chi connectivity index (χ0v) is 18.5. The maximum Gasteiger partial charge on any atom is 0.335 e. The first-order chi connectivity index (χ1) is 14.3. The summed E-state index contributed by atoms with van der Waals surface area (Å²) in [5.74, 6) is -1.69. The van der Waals surface area contributed by atoms with Crippen LogP contribution in [0.1, 0.15) is 35.3 Å². The summed E-state index contributed by atoms with van der Waals surface area (Å²) in [6, 6.07) is 12.1. The number of amides is 1. The van der Waals surface area contributed by atoms with E-state index in [4.69, 9.17) is 20.6 Å². The maximum atomic E-state index is 12.6. The summed E-state index contributed by atoms with van der Waals surface area (Å²) in [6.07, 6.45) is 0.144. The van der Waals surface area contributed by atoms with Crippen molar-refractivity contribution in [3.8, 4) is 0 Å². The van der Waals surface area contributed by atoms with Gasteiger partial charge in [0, 0.05) is 17.0 Å². The van der Waals surface area contributed by atoms with E-state index >= 15 is 0 Å². The smallest absolute Gasteiger partial charge is 0.335 e. The quantitative estimate of drug-likeness (QED) is 0.484. The molecule has 30 heavy (non-hydrogen) atoms. The minimum absolute atomic E-state index is 0.0602. The number of carbonyl (C=O) groups excluding carboxylic acids is 1. The summed E-state index contributed by atoms with van der Waals surface area (Å²) < 4.78 is 23.2. The highest BCUT2D eigenvalue weighted by Crippen LogP contribution is 2.51. The Balaban J connectivity index is 2.07. The number of benzene rings is 2. The lowest BCUT2D eigenvalue weighted by atomic mass is 10.1. The fourth-order valence-corrected chi connectivity index (χ4v) is 4.75. The standard InChI is InChI=1S/C21H25ClNO6P/c1-3-28-30(27,29-4-2)14-15-9-11-16(12-10-15)20(24)23-19(21(25)26)13-17-7-5-6-8-18(17)22/h5-12,19H,3-4,13-14H2,1-2H3,(H,23,24)(H,25,26)/t19-/m1/s1. The van der Waals surface area contributed by atoms with Gasteiger partial charge in [0.2, 0.25) is 0 Å². The van der Waals surface area contributed by atoms with E-state index in [0.717, 1.165) is 0 Å². The van der Waals surface area contributed by atoms with Gasteiger partial charge in [0.1, 0.15) is 6.04 Å². The second-order valence-electron chi connectivity index (χ2n) is 6.46. The average molecular weight is 454 g/mol. The Bertz CT molecular complexity index is 908. The molecule has 0 bridgehead atoms. The first-order valence-electron chi connectivity index (χ1n) is 9.52. The largest absolute Gasteiger partial charge is 0.480 e. The van der Waals surface area contributed by atoms with Gasteiger partial charge in [-0.2, -0.15) is 0 Å². The maximum absolute atomic E-state index is 12.6. The molecule has 0 aromatic heterocycles. The highest BCUT2D eigenvalue weighted by molar-refractivity contribution is 7.53. The van der Waals surface area contributed by atoms with Gasteiger partial charge in [-0.15, -0.1) is 0 Å². The normalized spacial score (nSPS) is 12.4. The van der Waals surface area contributed by atoms with Crippen LogP contribution in [-0.2, 0) is 31.0 Å². The SMILES string of the molecule is CCOP(=O)(Cc1ccc(C(=O)N[C@H](Cc2ccccc2Cl)C(=O)O)cc1)OCC. The van der Waals surface area contributed by atoms with E-state index in [1.807, 2.05) is 0 Å². The molecule has 0 radical (unpaired) electrons. The molecule has 7 nitrogen and oxygen atoms in total. The van der Waals surface area contributed by atoms with Crippen LogP contribution in [0.25, 0.3) is 0 Å². The predicted molar refractivity (Wildman–Crippen MR) is 115 cm³/mol. The topological polar surface area (TPSA) is 102 Å². The molecule has 162 valence electrons. The van der Waals surface area contributed by atoms with Crippen molar-refractivity contribution in [2.75, 3.05) is 13.2 Å². The van der Waals surface area contributed by atoms with Gasteiger partial charge in [-0.25, -0.2) is 4.79 Å². The number of carboxylic acids is 1. The van der Waals surface area contributed by atoms with Crippen LogP contribution in [0.5, 0.6) is 0 Å². The number of carbonyl (C=O) groups is 2. The van der Waals surface area contributed by atoms with Gasteiger partial charge >= 0.3 is 13.6 Å². The minimum Gasteiger partial charge on any atom is -0.480 e. The monoisotopic (exact) mass is 453 g/mol. The van der Waals surface area contributed by atoms with Crippen molar-refractivity contribution < 1.29 is 28.3 Å². The predicted octanol–water partition coefficient (Wildman–Crippen LogP) is 4.53. The fourth-order valence-electron chi connectivity index (χ4n) is 2.83. The van der Waals surface area contributed by atoms with E-state index in [1.165, 1.54) is 0 Å². The molecule has 0 saturated carbocycles. The van der Waals surface area contributed by atoms with Gasteiger partial charge in [0.25, 0.3) is 5.91 Å². The van der Waals surface area contributed by atoms with Crippen molar-refractivity contribution >= 4 is 31.1 Å². The molecule has 0 fully saturated rings. The molecule has 2 aromatic rings. The van der Waals surface area contributed by atoms with Crippen LogP contribution >= 0.6 is 19.2 Å².